The number of carbonyl (C=O) groups is 1. The first-order chi connectivity index (χ1) is 15.8. The van der Waals surface area contributed by atoms with E-state index < -0.39 is 10.0 Å². The van der Waals surface area contributed by atoms with Crippen LogP contribution in [-0.2, 0) is 21.2 Å². The molecule has 0 aliphatic carbocycles. The van der Waals surface area contributed by atoms with Crippen molar-refractivity contribution in [2.75, 3.05) is 18.5 Å². The Hall–Kier alpha value is -2.87. The summed E-state index contributed by atoms with van der Waals surface area (Å²) in [6.45, 7) is 2.63. The summed E-state index contributed by atoms with van der Waals surface area (Å²) in [6.07, 6.45) is 1.44. The van der Waals surface area contributed by atoms with Gasteiger partial charge in [-0.1, -0.05) is 41.9 Å². The molecule has 0 saturated carbocycles. The predicted molar refractivity (Wildman–Crippen MR) is 131 cm³/mol. The molecule has 0 aliphatic heterocycles. The van der Waals surface area contributed by atoms with E-state index in [2.05, 4.69) is 10.0 Å². The number of hydrogen-bond acceptors (Lipinski definition) is 4. The van der Waals surface area contributed by atoms with Crippen LogP contribution in [0.15, 0.2) is 77.7 Å². The van der Waals surface area contributed by atoms with Crippen LogP contribution in [0.1, 0.15) is 24.0 Å². The maximum Gasteiger partial charge on any atom is 0.240 e. The maximum atomic E-state index is 12.5. The molecule has 0 heterocycles. The lowest BCUT2D eigenvalue weighted by atomic mass is 10.2. The number of sulfonamides is 1. The Bertz CT molecular complexity index is 1170. The SMILES string of the molecule is Cc1cc(Cl)ccc1OCCCC(=O)Nc1ccc(S(=O)(=O)NCCc2ccccc2)cc1. The van der Waals surface area contributed by atoms with Crippen molar-refractivity contribution in [3.8, 4) is 5.75 Å². The Labute approximate surface area is 200 Å². The van der Waals surface area contributed by atoms with E-state index in [1.807, 2.05) is 49.4 Å². The molecule has 0 saturated heterocycles. The van der Waals surface area contributed by atoms with Crippen molar-refractivity contribution in [1.82, 2.24) is 4.72 Å². The van der Waals surface area contributed by atoms with Gasteiger partial charge in [0.25, 0.3) is 0 Å². The van der Waals surface area contributed by atoms with Crippen molar-refractivity contribution in [1.29, 1.82) is 0 Å². The molecular weight excluding hydrogens is 460 g/mol. The largest absolute Gasteiger partial charge is 0.493 e. The van der Waals surface area contributed by atoms with Crippen LogP contribution in [0.4, 0.5) is 5.69 Å². The second kappa shape index (κ2) is 11.8. The van der Waals surface area contributed by atoms with Gasteiger partial charge >= 0.3 is 0 Å². The van der Waals surface area contributed by atoms with Crippen LogP contribution in [0.3, 0.4) is 0 Å². The van der Waals surface area contributed by atoms with Gasteiger partial charge in [-0.05, 0) is 73.4 Å². The molecule has 3 aromatic carbocycles. The first-order valence-electron chi connectivity index (χ1n) is 10.7. The summed E-state index contributed by atoms with van der Waals surface area (Å²) in [6, 6.07) is 21.2. The third kappa shape index (κ3) is 7.89. The Balaban J connectivity index is 1.41. The van der Waals surface area contributed by atoms with Gasteiger partial charge in [0.1, 0.15) is 5.75 Å². The third-order valence-electron chi connectivity index (χ3n) is 4.94. The van der Waals surface area contributed by atoms with Crippen LogP contribution < -0.4 is 14.8 Å². The number of nitrogens with one attached hydrogen (secondary N) is 2. The second-order valence-corrected chi connectivity index (χ2v) is 9.77. The van der Waals surface area contributed by atoms with E-state index in [0.29, 0.717) is 36.7 Å². The van der Waals surface area contributed by atoms with E-state index in [0.717, 1.165) is 16.9 Å². The molecule has 6 nitrogen and oxygen atoms in total. The molecule has 0 aromatic heterocycles. The molecule has 0 aliphatic rings. The summed E-state index contributed by atoms with van der Waals surface area (Å²) < 4.78 is 33.2. The van der Waals surface area contributed by atoms with Crippen molar-refractivity contribution in [3.05, 3.63) is 88.9 Å². The molecule has 0 bridgehead atoms. The highest BCUT2D eigenvalue weighted by Crippen LogP contribution is 2.22. The van der Waals surface area contributed by atoms with Crippen LogP contribution in [-0.4, -0.2) is 27.5 Å². The lowest BCUT2D eigenvalue weighted by molar-refractivity contribution is -0.116. The summed E-state index contributed by atoms with van der Waals surface area (Å²) in [4.78, 5) is 12.3. The van der Waals surface area contributed by atoms with Gasteiger partial charge in [-0.3, -0.25) is 4.79 Å². The van der Waals surface area contributed by atoms with E-state index in [9.17, 15) is 13.2 Å². The molecule has 1 amide bonds. The number of halogens is 1. The third-order valence-corrected chi connectivity index (χ3v) is 6.65. The van der Waals surface area contributed by atoms with Crippen LogP contribution >= 0.6 is 11.6 Å². The maximum absolute atomic E-state index is 12.5. The number of rotatable bonds is 11. The molecule has 0 radical (unpaired) electrons. The highest BCUT2D eigenvalue weighted by Gasteiger charge is 2.13. The monoisotopic (exact) mass is 486 g/mol. The summed E-state index contributed by atoms with van der Waals surface area (Å²) in [5.41, 5.74) is 2.54. The Kier molecular flexibility index (Phi) is 8.88. The Morgan fingerprint density at radius 2 is 1.73 bits per heavy atom. The normalized spacial score (nSPS) is 11.2. The molecule has 0 unspecified atom stereocenters. The quantitative estimate of drug-likeness (QED) is 0.375. The number of aryl methyl sites for hydroxylation is 1. The standard InChI is InChI=1S/C25H27ClN2O4S/c1-19-18-21(26)9-14-24(19)32-17-5-8-25(29)28-22-10-12-23(13-11-22)33(30,31)27-16-15-20-6-3-2-4-7-20/h2-4,6-7,9-14,18,27H,5,8,15-17H2,1H3,(H,28,29). The van der Waals surface area contributed by atoms with Gasteiger partial charge in [-0.15, -0.1) is 0 Å². The zero-order chi connectivity index (χ0) is 23.7. The minimum absolute atomic E-state index is 0.153. The number of amides is 1. The number of benzene rings is 3. The fourth-order valence-corrected chi connectivity index (χ4v) is 4.45. The van der Waals surface area contributed by atoms with E-state index in [4.69, 9.17) is 16.3 Å². The minimum atomic E-state index is -3.61. The first kappa shape index (κ1) is 24.8. The first-order valence-corrected chi connectivity index (χ1v) is 12.5. The van der Waals surface area contributed by atoms with Gasteiger partial charge in [0.15, 0.2) is 0 Å². The molecule has 0 fully saturated rings. The molecular formula is C25H27ClN2O4S. The second-order valence-electron chi connectivity index (χ2n) is 7.57. The van der Waals surface area contributed by atoms with Crippen molar-refractivity contribution < 1.29 is 17.9 Å². The highest BCUT2D eigenvalue weighted by molar-refractivity contribution is 7.89. The van der Waals surface area contributed by atoms with Crippen molar-refractivity contribution in [3.63, 3.8) is 0 Å². The molecule has 174 valence electrons. The molecule has 0 spiro atoms. The summed E-state index contributed by atoms with van der Waals surface area (Å²) in [7, 11) is -3.61. The number of carbonyl (C=O) groups excluding carboxylic acids is 1. The van der Waals surface area contributed by atoms with Gasteiger partial charge in [0.05, 0.1) is 11.5 Å². The summed E-state index contributed by atoms with van der Waals surface area (Å²) >= 11 is 5.93. The molecule has 3 aromatic rings. The van der Waals surface area contributed by atoms with E-state index in [-0.39, 0.29) is 17.2 Å². The van der Waals surface area contributed by atoms with E-state index >= 15 is 0 Å². The van der Waals surface area contributed by atoms with Gasteiger partial charge in [0.2, 0.25) is 15.9 Å². The smallest absolute Gasteiger partial charge is 0.240 e. The predicted octanol–water partition coefficient (Wildman–Crippen LogP) is 4.97. The minimum Gasteiger partial charge on any atom is -0.493 e. The average Bonchev–Trinajstić information content (AvgIpc) is 2.79. The van der Waals surface area contributed by atoms with Gasteiger partial charge in [0, 0.05) is 23.7 Å². The Morgan fingerprint density at radius 1 is 1.00 bits per heavy atom. The van der Waals surface area contributed by atoms with E-state index in [1.54, 1.807) is 18.2 Å². The Morgan fingerprint density at radius 3 is 2.42 bits per heavy atom. The van der Waals surface area contributed by atoms with Crippen molar-refractivity contribution >= 4 is 33.2 Å². The molecule has 33 heavy (non-hydrogen) atoms. The lowest BCUT2D eigenvalue weighted by Crippen LogP contribution is -2.26. The molecule has 0 atom stereocenters. The van der Waals surface area contributed by atoms with Gasteiger partial charge in [-0.2, -0.15) is 0 Å². The summed E-state index contributed by atoms with van der Waals surface area (Å²) in [5, 5.41) is 3.43. The van der Waals surface area contributed by atoms with Crippen molar-refractivity contribution in [2.45, 2.75) is 31.1 Å². The van der Waals surface area contributed by atoms with Crippen LogP contribution in [0, 0.1) is 6.92 Å². The fourth-order valence-electron chi connectivity index (χ4n) is 3.19. The number of hydrogen-bond donors (Lipinski definition) is 2. The number of anilines is 1. The lowest BCUT2D eigenvalue weighted by Gasteiger charge is -2.10. The zero-order valence-corrected chi connectivity index (χ0v) is 20.0. The van der Waals surface area contributed by atoms with Gasteiger partial charge in [-0.25, -0.2) is 13.1 Å². The fraction of sp³-hybridized carbons (Fsp3) is 0.240. The number of ether oxygens (including phenoxy) is 1. The highest BCUT2D eigenvalue weighted by atomic mass is 35.5. The molecule has 8 heteroatoms. The zero-order valence-electron chi connectivity index (χ0n) is 18.4. The van der Waals surface area contributed by atoms with Crippen LogP contribution in [0.2, 0.25) is 5.02 Å². The summed E-state index contributed by atoms with van der Waals surface area (Å²) in [5.74, 6) is 0.581. The molecule has 3 rings (SSSR count). The van der Waals surface area contributed by atoms with Crippen molar-refractivity contribution in [2.24, 2.45) is 0 Å². The molecule has 2 N–H and O–H groups in total. The van der Waals surface area contributed by atoms with Crippen LogP contribution in [0.5, 0.6) is 5.75 Å². The topological polar surface area (TPSA) is 84.5 Å². The van der Waals surface area contributed by atoms with Crippen LogP contribution in [0.25, 0.3) is 0 Å². The van der Waals surface area contributed by atoms with Gasteiger partial charge < -0.3 is 10.1 Å². The average molecular weight is 487 g/mol. The van der Waals surface area contributed by atoms with E-state index in [1.165, 1.54) is 12.1 Å².